The number of halogens is 3. The summed E-state index contributed by atoms with van der Waals surface area (Å²) >= 11 is 0. The highest BCUT2D eigenvalue weighted by molar-refractivity contribution is 5.98. The molecule has 33 heavy (non-hydrogen) atoms. The maximum atomic E-state index is 13.5. The molecule has 0 saturated heterocycles. The Labute approximate surface area is 189 Å². The van der Waals surface area contributed by atoms with Crippen molar-refractivity contribution in [1.82, 2.24) is 14.9 Å². The number of carbonyl (C=O) groups excluding carboxylic acids is 1. The molecule has 176 valence electrons. The number of carbonyl (C=O) groups is 1. The van der Waals surface area contributed by atoms with Gasteiger partial charge in [0.25, 0.3) is 5.91 Å². The van der Waals surface area contributed by atoms with Crippen LogP contribution in [0.2, 0.25) is 0 Å². The Balaban J connectivity index is 1.95. The minimum atomic E-state index is -4.49. The normalized spacial score (nSPS) is 12.7. The topological polar surface area (TPSA) is 90.6 Å². The summed E-state index contributed by atoms with van der Waals surface area (Å²) in [5.41, 5.74) is 7.11. The molecule has 2 heterocycles. The number of rotatable bonds is 8. The van der Waals surface area contributed by atoms with E-state index in [0.29, 0.717) is 35.6 Å². The van der Waals surface area contributed by atoms with Crippen molar-refractivity contribution in [2.45, 2.75) is 32.3 Å². The summed E-state index contributed by atoms with van der Waals surface area (Å²) in [5, 5.41) is 0.742. The molecule has 1 unspecified atom stereocenters. The van der Waals surface area contributed by atoms with Gasteiger partial charge in [-0.25, -0.2) is 4.98 Å². The Hall–Kier alpha value is -3.24. The monoisotopic (exact) mass is 462 g/mol. The first-order valence-corrected chi connectivity index (χ1v) is 10.2. The number of aromatic nitrogens is 2. The lowest BCUT2D eigenvalue weighted by molar-refractivity contribution is -0.137. The van der Waals surface area contributed by atoms with Crippen LogP contribution in [0.3, 0.4) is 0 Å². The van der Waals surface area contributed by atoms with Crippen LogP contribution < -0.4 is 5.73 Å². The van der Waals surface area contributed by atoms with E-state index >= 15 is 0 Å². The molecule has 10 heteroatoms. The zero-order valence-electron chi connectivity index (χ0n) is 18.5. The Morgan fingerprint density at radius 1 is 1.18 bits per heavy atom. The number of anilines is 1. The standard InChI is InChI=1S/C23H25F3N4O3/c1-14-10-16-11-15(4-7-19(16)29-21(14)27)22(31)30(20(33-3)8-9-32-2)13-18-6-5-17(12-28-18)23(24,25)26/h4-7,10-12,20H,8-9,13H2,1-3H3,(H2,27,29). The van der Waals surface area contributed by atoms with E-state index in [9.17, 15) is 18.0 Å². The number of hydrogen-bond donors (Lipinski definition) is 1. The van der Waals surface area contributed by atoms with E-state index in [-0.39, 0.29) is 12.5 Å². The number of amides is 1. The highest BCUT2D eigenvalue weighted by atomic mass is 19.4. The highest BCUT2D eigenvalue weighted by Gasteiger charge is 2.31. The molecule has 0 aliphatic carbocycles. The summed E-state index contributed by atoms with van der Waals surface area (Å²) in [6, 6.07) is 9.06. The summed E-state index contributed by atoms with van der Waals surface area (Å²) in [7, 11) is 2.98. The summed E-state index contributed by atoms with van der Waals surface area (Å²) in [6.45, 7) is 2.10. The van der Waals surface area contributed by atoms with Gasteiger partial charge in [0.05, 0.1) is 29.9 Å². The maximum absolute atomic E-state index is 13.5. The van der Waals surface area contributed by atoms with Gasteiger partial charge in [-0.2, -0.15) is 13.2 Å². The highest BCUT2D eigenvalue weighted by Crippen LogP contribution is 2.29. The van der Waals surface area contributed by atoms with Crippen LogP contribution in [0.1, 0.15) is 33.6 Å². The number of fused-ring (bicyclic) bond motifs is 1. The number of alkyl halides is 3. The molecule has 1 aromatic carbocycles. The zero-order valence-corrected chi connectivity index (χ0v) is 18.5. The van der Waals surface area contributed by atoms with E-state index in [1.54, 1.807) is 18.2 Å². The molecule has 7 nitrogen and oxygen atoms in total. The lowest BCUT2D eigenvalue weighted by Gasteiger charge is -2.30. The Morgan fingerprint density at radius 2 is 1.94 bits per heavy atom. The molecular formula is C23H25F3N4O3. The second-order valence-corrected chi connectivity index (χ2v) is 7.54. The Bertz CT molecular complexity index is 1120. The first-order valence-electron chi connectivity index (χ1n) is 10.2. The third kappa shape index (κ3) is 5.77. The number of nitrogens with zero attached hydrogens (tertiary/aromatic N) is 3. The molecule has 2 aromatic heterocycles. The van der Waals surface area contributed by atoms with Crippen molar-refractivity contribution >= 4 is 22.6 Å². The predicted molar refractivity (Wildman–Crippen MR) is 117 cm³/mol. The molecule has 0 spiro atoms. The molecule has 1 amide bonds. The molecule has 3 rings (SSSR count). The molecular weight excluding hydrogens is 437 g/mol. The van der Waals surface area contributed by atoms with Crippen LogP contribution in [-0.4, -0.2) is 47.8 Å². The van der Waals surface area contributed by atoms with E-state index < -0.39 is 18.0 Å². The average molecular weight is 462 g/mol. The van der Waals surface area contributed by atoms with Crippen LogP contribution in [0.25, 0.3) is 10.9 Å². The van der Waals surface area contributed by atoms with Gasteiger partial charge < -0.3 is 20.1 Å². The Morgan fingerprint density at radius 3 is 2.55 bits per heavy atom. The molecule has 0 aliphatic heterocycles. The summed E-state index contributed by atoms with van der Waals surface area (Å²) in [6.07, 6.45) is -4.05. The second kappa shape index (κ2) is 10.1. The molecule has 0 saturated carbocycles. The largest absolute Gasteiger partial charge is 0.417 e. The van der Waals surface area contributed by atoms with E-state index in [4.69, 9.17) is 15.2 Å². The number of aryl methyl sites for hydroxylation is 1. The second-order valence-electron chi connectivity index (χ2n) is 7.54. The smallest absolute Gasteiger partial charge is 0.385 e. The number of nitrogens with two attached hydrogens (primary N) is 1. The summed E-state index contributed by atoms with van der Waals surface area (Å²) < 4.78 is 49.3. The maximum Gasteiger partial charge on any atom is 0.417 e. The first kappa shape index (κ1) is 24.4. The lowest BCUT2D eigenvalue weighted by atomic mass is 10.1. The lowest BCUT2D eigenvalue weighted by Crippen LogP contribution is -2.42. The first-order chi connectivity index (χ1) is 15.6. The van der Waals surface area contributed by atoms with Gasteiger partial charge >= 0.3 is 6.18 Å². The Kier molecular flexibility index (Phi) is 7.50. The van der Waals surface area contributed by atoms with Crippen LogP contribution >= 0.6 is 0 Å². The van der Waals surface area contributed by atoms with Crippen LogP contribution in [0, 0.1) is 6.92 Å². The zero-order chi connectivity index (χ0) is 24.2. The number of nitrogen functional groups attached to an aromatic ring is 1. The van der Waals surface area contributed by atoms with E-state index in [2.05, 4.69) is 9.97 Å². The average Bonchev–Trinajstić information content (AvgIpc) is 2.78. The van der Waals surface area contributed by atoms with Gasteiger partial charge in [-0.05, 0) is 48.9 Å². The third-order valence-electron chi connectivity index (χ3n) is 5.23. The van der Waals surface area contributed by atoms with Gasteiger partial charge in [0.1, 0.15) is 12.0 Å². The van der Waals surface area contributed by atoms with Gasteiger partial charge in [0.15, 0.2) is 0 Å². The molecule has 1 atom stereocenters. The summed E-state index contributed by atoms with van der Waals surface area (Å²) in [4.78, 5) is 23.1. The fourth-order valence-electron chi connectivity index (χ4n) is 3.38. The predicted octanol–water partition coefficient (Wildman–Crippen LogP) is 4.19. The van der Waals surface area contributed by atoms with Crippen molar-refractivity contribution in [1.29, 1.82) is 0 Å². The third-order valence-corrected chi connectivity index (χ3v) is 5.23. The summed E-state index contributed by atoms with van der Waals surface area (Å²) in [5.74, 6) is 0.0478. The van der Waals surface area contributed by atoms with Gasteiger partial charge in [-0.1, -0.05) is 0 Å². The van der Waals surface area contributed by atoms with Crippen molar-refractivity contribution in [3.05, 3.63) is 65.0 Å². The SMILES string of the molecule is COCCC(OC)N(Cc1ccc(C(F)(F)F)cn1)C(=O)c1ccc2nc(N)c(C)cc2c1. The molecule has 3 aromatic rings. The van der Waals surface area contributed by atoms with Crippen LogP contribution in [0.15, 0.2) is 42.6 Å². The van der Waals surface area contributed by atoms with Crippen molar-refractivity contribution in [2.24, 2.45) is 0 Å². The quantitative estimate of drug-likeness (QED) is 0.505. The molecule has 0 fully saturated rings. The number of hydrogen-bond acceptors (Lipinski definition) is 6. The van der Waals surface area contributed by atoms with Gasteiger partial charge in [0, 0.05) is 37.8 Å². The van der Waals surface area contributed by atoms with Crippen LogP contribution in [0.5, 0.6) is 0 Å². The minimum absolute atomic E-state index is 0.0454. The van der Waals surface area contributed by atoms with Gasteiger partial charge in [0.2, 0.25) is 0 Å². The van der Waals surface area contributed by atoms with Crippen LogP contribution in [0.4, 0.5) is 19.0 Å². The molecule has 0 bridgehead atoms. The van der Waals surface area contributed by atoms with Crippen molar-refractivity contribution in [3.63, 3.8) is 0 Å². The van der Waals surface area contributed by atoms with Crippen molar-refractivity contribution in [2.75, 3.05) is 26.6 Å². The number of benzene rings is 1. The number of ether oxygens (including phenoxy) is 2. The molecule has 0 aliphatic rings. The van der Waals surface area contributed by atoms with Crippen molar-refractivity contribution in [3.8, 4) is 0 Å². The van der Waals surface area contributed by atoms with E-state index in [1.165, 1.54) is 25.2 Å². The molecule has 2 N–H and O–H groups in total. The van der Waals surface area contributed by atoms with Gasteiger partial charge in [-0.3, -0.25) is 9.78 Å². The minimum Gasteiger partial charge on any atom is -0.385 e. The number of pyridine rings is 2. The molecule has 0 radical (unpaired) electrons. The fraction of sp³-hybridized carbons (Fsp3) is 0.348. The van der Waals surface area contributed by atoms with E-state index in [1.807, 2.05) is 13.0 Å². The van der Waals surface area contributed by atoms with Crippen LogP contribution in [-0.2, 0) is 22.2 Å². The van der Waals surface area contributed by atoms with E-state index in [0.717, 1.165) is 23.2 Å². The number of methoxy groups -OCH3 is 2. The van der Waals surface area contributed by atoms with Gasteiger partial charge in [-0.15, -0.1) is 0 Å². The van der Waals surface area contributed by atoms with Crippen molar-refractivity contribution < 1.29 is 27.4 Å². The fourth-order valence-corrected chi connectivity index (χ4v) is 3.38.